The molecule has 2 aromatic rings. The fraction of sp³-hybridized carbons (Fsp3) is 0.333. The number of nitrogens with one attached hydrogen (secondary N) is 1. The zero-order valence-corrected chi connectivity index (χ0v) is 15.0. The highest BCUT2D eigenvalue weighted by molar-refractivity contribution is 7.11. The first-order valence-corrected chi connectivity index (χ1v) is 7.38. The number of benzene rings is 1. The third-order valence-electron chi connectivity index (χ3n) is 3.08. The van der Waals surface area contributed by atoms with Crippen molar-refractivity contribution in [3.8, 4) is 0 Å². The highest BCUT2D eigenvalue weighted by Gasteiger charge is 2.12. The van der Waals surface area contributed by atoms with Crippen LogP contribution in [-0.4, -0.2) is 10.9 Å². The molecule has 0 aliphatic heterocycles. The predicted molar refractivity (Wildman–Crippen MR) is 95.9 cm³/mol. The summed E-state index contributed by atoms with van der Waals surface area (Å²) in [7, 11) is 0. The topological polar surface area (TPSA) is 68.0 Å². The van der Waals surface area contributed by atoms with E-state index in [9.17, 15) is 4.79 Å². The maximum Gasteiger partial charge on any atom is 0.222 e. The summed E-state index contributed by atoms with van der Waals surface area (Å²) in [5, 5.41) is 3.93. The van der Waals surface area contributed by atoms with Crippen molar-refractivity contribution < 1.29 is 4.79 Å². The standard InChI is InChI=1S/C15H19N3OS.2ClH/c1-10-14(20-11(2)18-10)9-17-15(19)8-13(16)12-6-4-3-5-7-12;;/h3-7,13H,8-9,16H2,1-2H3,(H,17,19);2*1H. The number of nitrogens with two attached hydrogens (primary N) is 1. The number of rotatable bonds is 5. The van der Waals surface area contributed by atoms with Crippen molar-refractivity contribution in [1.82, 2.24) is 10.3 Å². The van der Waals surface area contributed by atoms with Crippen LogP contribution in [0.2, 0.25) is 0 Å². The van der Waals surface area contributed by atoms with Gasteiger partial charge in [0.05, 0.1) is 17.2 Å². The molecular weight excluding hydrogens is 341 g/mol. The Morgan fingerprint density at radius 1 is 1.27 bits per heavy atom. The smallest absolute Gasteiger partial charge is 0.222 e. The van der Waals surface area contributed by atoms with E-state index < -0.39 is 0 Å². The lowest BCUT2D eigenvalue weighted by Gasteiger charge is -2.11. The number of nitrogens with zero attached hydrogens (tertiary/aromatic N) is 1. The molecule has 0 aliphatic carbocycles. The fourth-order valence-corrected chi connectivity index (χ4v) is 2.88. The van der Waals surface area contributed by atoms with Gasteiger partial charge in [-0.25, -0.2) is 4.98 Å². The van der Waals surface area contributed by atoms with Gasteiger partial charge < -0.3 is 11.1 Å². The average molecular weight is 362 g/mol. The van der Waals surface area contributed by atoms with Crippen LogP contribution in [0.5, 0.6) is 0 Å². The highest BCUT2D eigenvalue weighted by Crippen LogP contribution is 2.17. The Labute approximate surface area is 147 Å². The minimum Gasteiger partial charge on any atom is -0.351 e. The second-order valence-corrected chi connectivity index (χ2v) is 6.03. The summed E-state index contributed by atoms with van der Waals surface area (Å²) in [5.74, 6) is -0.0354. The Morgan fingerprint density at radius 2 is 1.91 bits per heavy atom. The van der Waals surface area contributed by atoms with Crippen molar-refractivity contribution in [2.75, 3.05) is 0 Å². The Morgan fingerprint density at radius 3 is 2.45 bits per heavy atom. The largest absolute Gasteiger partial charge is 0.351 e. The zero-order valence-electron chi connectivity index (χ0n) is 12.5. The Kier molecular flexibility index (Phi) is 9.28. The maximum atomic E-state index is 11.9. The Bertz CT molecular complexity index is 590. The molecule has 0 spiro atoms. The summed E-state index contributed by atoms with van der Waals surface area (Å²) < 4.78 is 0. The summed E-state index contributed by atoms with van der Waals surface area (Å²) in [5.41, 5.74) is 7.99. The zero-order chi connectivity index (χ0) is 14.5. The average Bonchev–Trinajstić information content (AvgIpc) is 2.75. The van der Waals surface area contributed by atoms with E-state index in [1.54, 1.807) is 11.3 Å². The first-order chi connectivity index (χ1) is 9.56. The summed E-state index contributed by atoms with van der Waals surface area (Å²) in [6.07, 6.45) is 0.293. The van der Waals surface area contributed by atoms with Crippen LogP contribution in [0.15, 0.2) is 30.3 Å². The molecule has 0 aliphatic rings. The van der Waals surface area contributed by atoms with E-state index in [0.29, 0.717) is 13.0 Å². The minimum atomic E-state index is -0.263. The number of hydrogen-bond acceptors (Lipinski definition) is 4. The van der Waals surface area contributed by atoms with Crippen molar-refractivity contribution in [1.29, 1.82) is 0 Å². The molecule has 0 saturated carbocycles. The molecule has 2 rings (SSSR count). The number of aryl methyl sites for hydroxylation is 2. The third kappa shape index (κ3) is 5.93. The monoisotopic (exact) mass is 361 g/mol. The molecule has 7 heteroatoms. The van der Waals surface area contributed by atoms with Gasteiger partial charge in [0.15, 0.2) is 0 Å². The summed E-state index contributed by atoms with van der Waals surface area (Å²) in [4.78, 5) is 17.4. The lowest BCUT2D eigenvalue weighted by molar-refractivity contribution is -0.121. The number of amides is 1. The van der Waals surface area contributed by atoms with Crippen LogP contribution < -0.4 is 11.1 Å². The van der Waals surface area contributed by atoms with Gasteiger partial charge in [0, 0.05) is 17.3 Å². The molecule has 0 saturated heterocycles. The Balaban J connectivity index is 0.00000220. The molecule has 1 unspecified atom stereocenters. The van der Waals surface area contributed by atoms with Gasteiger partial charge in [-0.1, -0.05) is 30.3 Å². The molecule has 0 fully saturated rings. The molecule has 122 valence electrons. The molecule has 22 heavy (non-hydrogen) atoms. The number of thiazole rings is 1. The molecule has 4 nitrogen and oxygen atoms in total. The molecule has 0 radical (unpaired) electrons. The molecular formula is C15H21Cl2N3OS. The highest BCUT2D eigenvalue weighted by atomic mass is 35.5. The lowest BCUT2D eigenvalue weighted by Crippen LogP contribution is -2.27. The van der Waals surface area contributed by atoms with Gasteiger partial charge >= 0.3 is 0 Å². The van der Waals surface area contributed by atoms with E-state index in [-0.39, 0.29) is 36.8 Å². The van der Waals surface area contributed by atoms with E-state index in [1.165, 1.54) is 0 Å². The molecule has 3 N–H and O–H groups in total. The van der Waals surface area contributed by atoms with Gasteiger partial charge in [-0.15, -0.1) is 36.2 Å². The van der Waals surface area contributed by atoms with E-state index in [2.05, 4.69) is 10.3 Å². The quantitative estimate of drug-likeness (QED) is 0.858. The first-order valence-electron chi connectivity index (χ1n) is 6.56. The number of carbonyl (C=O) groups excluding carboxylic acids is 1. The Hall–Kier alpha value is -1.14. The molecule has 1 aromatic heterocycles. The molecule has 1 heterocycles. The third-order valence-corrected chi connectivity index (χ3v) is 4.15. The van der Waals surface area contributed by atoms with Crippen molar-refractivity contribution in [2.24, 2.45) is 5.73 Å². The van der Waals surface area contributed by atoms with E-state index in [0.717, 1.165) is 21.1 Å². The predicted octanol–water partition coefficient (Wildman–Crippen LogP) is 3.31. The summed E-state index contributed by atoms with van der Waals surface area (Å²) in [6.45, 7) is 4.45. The van der Waals surface area contributed by atoms with Crippen LogP contribution in [0.25, 0.3) is 0 Å². The van der Waals surface area contributed by atoms with Gasteiger partial charge in [-0.3, -0.25) is 4.79 Å². The first kappa shape index (κ1) is 20.9. The van der Waals surface area contributed by atoms with Crippen LogP contribution in [0, 0.1) is 13.8 Å². The van der Waals surface area contributed by atoms with E-state index in [1.807, 2.05) is 44.2 Å². The minimum absolute atomic E-state index is 0. The fourth-order valence-electron chi connectivity index (χ4n) is 2.01. The van der Waals surface area contributed by atoms with Crippen LogP contribution in [0.4, 0.5) is 0 Å². The van der Waals surface area contributed by atoms with Gasteiger partial charge in [-0.05, 0) is 19.4 Å². The van der Waals surface area contributed by atoms with Crippen molar-refractivity contribution >= 4 is 42.1 Å². The van der Waals surface area contributed by atoms with Crippen LogP contribution in [0.3, 0.4) is 0 Å². The molecule has 1 atom stereocenters. The number of carbonyl (C=O) groups is 1. The molecule has 1 amide bonds. The molecule has 0 bridgehead atoms. The second-order valence-electron chi connectivity index (χ2n) is 4.74. The number of aromatic nitrogens is 1. The van der Waals surface area contributed by atoms with Crippen molar-refractivity contribution in [3.63, 3.8) is 0 Å². The van der Waals surface area contributed by atoms with E-state index >= 15 is 0 Å². The number of halogens is 2. The lowest BCUT2D eigenvalue weighted by atomic mass is 10.0. The van der Waals surface area contributed by atoms with Gasteiger partial charge in [-0.2, -0.15) is 0 Å². The van der Waals surface area contributed by atoms with Gasteiger partial charge in [0.1, 0.15) is 0 Å². The SMILES string of the molecule is Cc1nc(C)c(CNC(=O)CC(N)c2ccccc2)s1.Cl.Cl. The van der Waals surface area contributed by atoms with Crippen LogP contribution in [-0.2, 0) is 11.3 Å². The summed E-state index contributed by atoms with van der Waals surface area (Å²) in [6, 6.07) is 9.40. The summed E-state index contributed by atoms with van der Waals surface area (Å²) >= 11 is 1.61. The second kappa shape index (κ2) is 9.79. The van der Waals surface area contributed by atoms with Gasteiger partial charge in [0.2, 0.25) is 5.91 Å². The van der Waals surface area contributed by atoms with E-state index in [4.69, 9.17) is 5.73 Å². The maximum absolute atomic E-state index is 11.9. The van der Waals surface area contributed by atoms with Crippen molar-refractivity contribution in [2.45, 2.75) is 32.9 Å². The van der Waals surface area contributed by atoms with Crippen LogP contribution in [0.1, 0.15) is 33.6 Å². The number of hydrogen-bond donors (Lipinski definition) is 2. The van der Waals surface area contributed by atoms with Crippen LogP contribution >= 0.6 is 36.2 Å². The van der Waals surface area contributed by atoms with Crippen molar-refractivity contribution in [3.05, 3.63) is 51.5 Å². The normalized spacial score (nSPS) is 11.0. The van der Waals surface area contributed by atoms with Gasteiger partial charge in [0.25, 0.3) is 0 Å². The molecule has 1 aromatic carbocycles.